The Labute approximate surface area is 381 Å². The summed E-state index contributed by atoms with van der Waals surface area (Å²) < 4.78 is 42.3. The second-order valence-corrected chi connectivity index (χ2v) is 21.5. The Morgan fingerprint density at radius 2 is 1.75 bits per heavy atom. The molecule has 0 bridgehead atoms. The number of hydrogen-bond donors (Lipinski definition) is 3. The van der Waals surface area contributed by atoms with Crippen LogP contribution in [0.2, 0.25) is 0 Å². The molecule has 2 aromatic heterocycles. The van der Waals surface area contributed by atoms with Gasteiger partial charge in [0.25, 0.3) is 15.9 Å². The molecule has 14 nitrogen and oxygen atoms in total. The minimum atomic E-state index is -4.50. The monoisotopic (exact) mass is 901 g/mol. The largest absolute Gasteiger partial charge is 0.455 e. The highest BCUT2D eigenvalue weighted by Crippen LogP contribution is 2.54. The fraction of sp³-hybridized carbons (Fsp3) is 0.500. The van der Waals surface area contributed by atoms with Gasteiger partial charge in [-0.25, -0.2) is 18.1 Å². The Morgan fingerprint density at radius 3 is 2.51 bits per heavy atom. The van der Waals surface area contributed by atoms with Gasteiger partial charge >= 0.3 is 0 Å². The third-order valence-electron chi connectivity index (χ3n) is 15.0. The number of carbonyl (C=O) groups excluding carboxylic acids is 1. The Morgan fingerprint density at radius 1 is 0.985 bits per heavy atom. The molecule has 1 amide bonds. The molecule has 1 unspecified atom stereocenters. The zero-order valence-corrected chi connectivity index (χ0v) is 38.1. The number of aliphatic hydroxyl groups is 1. The number of allylic oxidation sites excluding steroid dienone is 1. The summed E-state index contributed by atoms with van der Waals surface area (Å²) in [6.45, 7) is 7.89. The standard InChI is InChI=1S/C50H59N7O7S/c1-32-30-57(45(31-63-32)41-8-4-3-7-40(41)34-10-11-34)37-25-50(26-37)18-20-56(21-19-50)36-12-13-42(46(23-36)64-38-22-35-6-5-9-43(35)51-28-38)48(58)55-65(61,62)39-24-44(54-60)47(53-29-39)52-27-33-14-16-49(2,59)17-15-33/h3-8,12-13,22-24,28-29,32-34,37,45,59H,9-11,14-21,25-27,30-31H2,1-2H3,(H,52,53)(H,55,58)/t32?,33-,45-,49-/m1/s1. The van der Waals surface area contributed by atoms with E-state index in [9.17, 15) is 23.2 Å². The first-order valence-electron chi connectivity index (χ1n) is 23.4. The number of pyridine rings is 2. The number of nitrogens with one attached hydrogen (secondary N) is 2. The van der Waals surface area contributed by atoms with Gasteiger partial charge in [-0.2, -0.15) is 0 Å². The van der Waals surface area contributed by atoms with Crippen molar-refractivity contribution in [1.82, 2.24) is 19.6 Å². The highest BCUT2D eigenvalue weighted by molar-refractivity contribution is 7.90. The molecule has 1 spiro atoms. The van der Waals surface area contributed by atoms with Crippen molar-refractivity contribution in [2.75, 3.05) is 43.0 Å². The molecule has 2 atom stereocenters. The van der Waals surface area contributed by atoms with E-state index in [1.165, 1.54) is 36.8 Å². The Kier molecular flexibility index (Phi) is 11.8. The van der Waals surface area contributed by atoms with Crippen LogP contribution in [0.5, 0.6) is 11.5 Å². The molecule has 4 aliphatic carbocycles. The summed E-state index contributed by atoms with van der Waals surface area (Å²) in [5.41, 5.74) is 5.12. The number of sulfonamides is 1. The summed E-state index contributed by atoms with van der Waals surface area (Å²) in [4.78, 5) is 39.4. The van der Waals surface area contributed by atoms with Crippen LogP contribution in [0.15, 0.2) is 83.1 Å². The predicted octanol–water partition coefficient (Wildman–Crippen LogP) is 8.80. The SMILES string of the molecule is CC1CN(C2CC3(CCN(c4ccc(C(=O)NS(=O)(=O)c5cnc(NC[C@H]6CC[C@](C)(O)CC6)c(N=O)c5)c(Oc5cnc6c(c5)C=CC6)c4)CC3)C2)[C@@H](c2ccccc2C2CC2)CO1. The molecule has 0 radical (unpaired) electrons. The van der Waals surface area contributed by atoms with Gasteiger partial charge in [0.1, 0.15) is 16.4 Å². The third kappa shape index (κ3) is 9.30. The number of rotatable bonds is 13. The molecule has 10 rings (SSSR count). The number of amides is 1. The van der Waals surface area contributed by atoms with Crippen molar-refractivity contribution in [2.45, 2.75) is 119 Å². The van der Waals surface area contributed by atoms with Gasteiger partial charge in [0, 0.05) is 56.6 Å². The highest BCUT2D eigenvalue weighted by atomic mass is 32.2. The minimum Gasteiger partial charge on any atom is -0.455 e. The van der Waals surface area contributed by atoms with E-state index in [0.717, 1.165) is 87.6 Å². The molecule has 2 saturated heterocycles. The molecule has 5 fully saturated rings. The maximum absolute atomic E-state index is 14.0. The number of ether oxygens (including phenoxy) is 2. The number of benzene rings is 2. The van der Waals surface area contributed by atoms with E-state index < -0.39 is 21.5 Å². The summed E-state index contributed by atoms with van der Waals surface area (Å²) in [6.07, 6.45) is 17.6. The van der Waals surface area contributed by atoms with Gasteiger partial charge < -0.3 is 24.8 Å². The second kappa shape index (κ2) is 17.5. The molecule has 4 heterocycles. The van der Waals surface area contributed by atoms with Crippen LogP contribution in [-0.2, 0) is 21.2 Å². The van der Waals surface area contributed by atoms with Gasteiger partial charge in [-0.05, 0) is 141 Å². The summed E-state index contributed by atoms with van der Waals surface area (Å²) in [5, 5.41) is 16.5. The zero-order chi connectivity index (χ0) is 44.9. The van der Waals surface area contributed by atoms with Crippen LogP contribution < -0.4 is 19.7 Å². The number of aromatic nitrogens is 2. The number of morpholine rings is 1. The first kappa shape index (κ1) is 43.7. The smallest absolute Gasteiger partial charge is 0.268 e. The molecule has 2 aliphatic heterocycles. The van der Waals surface area contributed by atoms with E-state index in [0.29, 0.717) is 37.1 Å². The second-order valence-electron chi connectivity index (χ2n) is 19.8. The lowest BCUT2D eigenvalue weighted by atomic mass is 9.59. The van der Waals surface area contributed by atoms with Crippen molar-refractivity contribution in [3.05, 3.63) is 106 Å². The number of nitrogens with zero attached hydrogens (tertiary/aromatic N) is 5. The number of nitroso groups, excluding NO2 is 1. The fourth-order valence-electron chi connectivity index (χ4n) is 10.9. The molecule has 3 saturated carbocycles. The minimum absolute atomic E-state index is 0.0210. The average Bonchev–Trinajstić information content (AvgIpc) is 4.04. The molecule has 15 heteroatoms. The molecular formula is C50H59N7O7S. The predicted molar refractivity (Wildman–Crippen MR) is 249 cm³/mol. The third-order valence-corrected chi connectivity index (χ3v) is 16.3. The maximum Gasteiger partial charge on any atom is 0.268 e. The molecule has 4 aromatic rings. The molecule has 65 heavy (non-hydrogen) atoms. The van der Waals surface area contributed by atoms with Crippen molar-refractivity contribution in [3.8, 4) is 11.5 Å². The van der Waals surface area contributed by atoms with E-state index in [2.05, 4.69) is 66.2 Å². The molecule has 342 valence electrons. The maximum atomic E-state index is 14.0. The quantitative estimate of drug-likeness (QED) is 0.109. The normalized spacial score (nSPS) is 25.5. The Hall–Kier alpha value is -5.22. The number of hydrogen-bond acceptors (Lipinski definition) is 13. The van der Waals surface area contributed by atoms with Crippen LogP contribution in [0.4, 0.5) is 17.2 Å². The van der Waals surface area contributed by atoms with Gasteiger partial charge in [-0.15, -0.1) is 4.91 Å². The Balaban J connectivity index is 0.829. The molecule has 6 aliphatic rings. The first-order chi connectivity index (χ1) is 31.3. The number of anilines is 2. The first-order valence-corrected chi connectivity index (χ1v) is 24.9. The van der Waals surface area contributed by atoms with Gasteiger partial charge in [-0.1, -0.05) is 36.4 Å². The zero-order valence-electron chi connectivity index (χ0n) is 37.2. The summed E-state index contributed by atoms with van der Waals surface area (Å²) in [7, 11) is -4.50. The van der Waals surface area contributed by atoms with Crippen LogP contribution in [-0.4, -0.2) is 84.8 Å². The Bertz CT molecular complexity index is 2590. The van der Waals surface area contributed by atoms with Crippen molar-refractivity contribution in [2.24, 2.45) is 16.5 Å². The summed E-state index contributed by atoms with van der Waals surface area (Å²) in [5.74, 6) is 0.811. The lowest BCUT2D eigenvalue weighted by Crippen LogP contribution is -2.59. The van der Waals surface area contributed by atoms with Crippen LogP contribution in [0.3, 0.4) is 0 Å². The lowest BCUT2D eigenvalue weighted by Gasteiger charge is -2.58. The van der Waals surface area contributed by atoms with Gasteiger partial charge in [-0.3, -0.25) is 14.7 Å². The summed E-state index contributed by atoms with van der Waals surface area (Å²) in [6, 6.07) is 18.1. The molecule has 2 aromatic carbocycles. The average molecular weight is 902 g/mol. The van der Waals surface area contributed by atoms with E-state index in [1.54, 1.807) is 12.3 Å². The van der Waals surface area contributed by atoms with Crippen LogP contribution in [0, 0.1) is 16.2 Å². The van der Waals surface area contributed by atoms with Crippen LogP contribution in [0.1, 0.15) is 123 Å². The van der Waals surface area contributed by atoms with Crippen LogP contribution in [0.25, 0.3) is 6.08 Å². The van der Waals surface area contributed by atoms with Gasteiger partial charge in [0.15, 0.2) is 11.5 Å². The number of piperidine rings is 1. The van der Waals surface area contributed by atoms with E-state index in [1.807, 2.05) is 37.3 Å². The van der Waals surface area contributed by atoms with Crippen molar-refractivity contribution in [1.29, 1.82) is 0 Å². The highest BCUT2D eigenvalue weighted by Gasteiger charge is 2.50. The number of fused-ring (bicyclic) bond motifs is 1. The van der Waals surface area contributed by atoms with Crippen LogP contribution >= 0.6 is 0 Å². The topological polar surface area (TPSA) is 176 Å². The summed E-state index contributed by atoms with van der Waals surface area (Å²) >= 11 is 0. The van der Waals surface area contributed by atoms with Crippen molar-refractivity contribution >= 4 is 39.2 Å². The van der Waals surface area contributed by atoms with E-state index in [4.69, 9.17) is 9.47 Å². The lowest BCUT2D eigenvalue weighted by molar-refractivity contribution is -0.116. The van der Waals surface area contributed by atoms with Gasteiger partial charge in [0.2, 0.25) is 0 Å². The van der Waals surface area contributed by atoms with Gasteiger partial charge in [0.05, 0.1) is 41.8 Å². The van der Waals surface area contributed by atoms with E-state index >= 15 is 0 Å². The van der Waals surface area contributed by atoms with Crippen molar-refractivity contribution < 1.29 is 27.8 Å². The van der Waals surface area contributed by atoms with E-state index in [-0.39, 0.29) is 51.2 Å². The molecule has 3 N–H and O–H groups in total. The fourth-order valence-corrected chi connectivity index (χ4v) is 11.9. The number of carbonyl (C=O) groups is 1. The molecular weight excluding hydrogens is 843 g/mol. The van der Waals surface area contributed by atoms with Crippen molar-refractivity contribution in [3.63, 3.8) is 0 Å².